The van der Waals surface area contributed by atoms with E-state index in [4.69, 9.17) is 11.1 Å². The number of hydrogen-bond donors (Lipinski definition) is 2. The summed E-state index contributed by atoms with van der Waals surface area (Å²) in [5, 5.41) is 8.12. The predicted octanol–water partition coefficient (Wildman–Crippen LogP) is 1.40. The Morgan fingerprint density at radius 2 is 1.88 bits per heavy atom. The van der Waals surface area contributed by atoms with Crippen LogP contribution in [0, 0.1) is 12.3 Å². The van der Waals surface area contributed by atoms with Gasteiger partial charge in [0.1, 0.15) is 5.84 Å². The number of hydrogen-bond acceptors (Lipinski definition) is 3. The average Bonchev–Trinajstić information content (AvgIpc) is 2.25. The summed E-state index contributed by atoms with van der Waals surface area (Å²) in [5.41, 5.74) is 8.53. The van der Waals surface area contributed by atoms with Crippen molar-refractivity contribution < 1.29 is 0 Å². The maximum absolute atomic E-state index is 8.12. The highest BCUT2D eigenvalue weighted by molar-refractivity contribution is 6.00. The van der Waals surface area contributed by atoms with E-state index in [0.29, 0.717) is 11.5 Å². The molecule has 94 valence electrons. The van der Waals surface area contributed by atoms with E-state index < -0.39 is 0 Å². The van der Waals surface area contributed by atoms with E-state index in [9.17, 15) is 0 Å². The number of nitrogens with zero attached hydrogens (tertiary/aromatic N) is 2. The highest BCUT2D eigenvalue weighted by Gasteiger charge is 2.10. The fraction of sp³-hybridized carbons (Fsp3) is 0.462. The van der Waals surface area contributed by atoms with Crippen LogP contribution < -0.4 is 5.73 Å². The largest absolute Gasteiger partial charge is 0.398 e. The summed E-state index contributed by atoms with van der Waals surface area (Å²) in [6.07, 6.45) is 0. The van der Waals surface area contributed by atoms with E-state index in [-0.39, 0.29) is 0 Å². The van der Waals surface area contributed by atoms with Gasteiger partial charge in [0.15, 0.2) is 0 Å². The fourth-order valence-electron chi connectivity index (χ4n) is 1.57. The van der Waals surface area contributed by atoms with Crippen molar-refractivity contribution in [1.82, 2.24) is 9.80 Å². The second-order valence-electron chi connectivity index (χ2n) is 4.66. The normalized spacial score (nSPS) is 10.6. The minimum Gasteiger partial charge on any atom is -0.398 e. The molecule has 0 unspecified atom stereocenters. The third kappa shape index (κ3) is 3.75. The maximum atomic E-state index is 8.12. The fourth-order valence-corrected chi connectivity index (χ4v) is 1.57. The minimum absolute atomic E-state index is 0.476. The van der Waals surface area contributed by atoms with E-state index in [1.165, 1.54) is 0 Å². The Balaban J connectivity index is 2.75. The molecule has 1 aromatic rings. The lowest BCUT2D eigenvalue weighted by Gasteiger charge is -2.23. The summed E-state index contributed by atoms with van der Waals surface area (Å²) in [5.74, 6) is 0.476. The van der Waals surface area contributed by atoms with Gasteiger partial charge in [-0.3, -0.25) is 5.41 Å². The summed E-state index contributed by atoms with van der Waals surface area (Å²) in [6, 6.07) is 5.81. The first kappa shape index (κ1) is 13.5. The molecule has 1 aromatic carbocycles. The number of amidine groups is 1. The first-order chi connectivity index (χ1) is 7.91. The lowest BCUT2D eigenvalue weighted by molar-refractivity contribution is 0.356. The lowest BCUT2D eigenvalue weighted by atomic mass is 10.1. The van der Waals surface area contributed by atoms with Crippen molar-refractivity contribution >= 4 is 11.5 Å². The SMILES string of the molecule is Cc1ccc(C(=N)N(C)CCN(C)C)c(N)c1. The Bertz CT molecular complexity index is 398. The molecule has 0 fully saturated rings. The van der Waals surface area contributed by atoms with Crippen molar-refractivity contribution in [1.29, 1.82) is 5.41 Å². The standard InChI is InChI=1S/C13H22N4/c1-10-5-6-11(12(14)9-10)13(15)17(4)8-7-16(2)3/h5-6,9,15H,7-8,14H2,1-4H3. The van der Waals surface area contributed by atoms with Crippen LogP contribution in [0.2, 0.25) is 0 Å². The smallest absolute Gasteiger partial charge is 0.129 e. The van der Waals surface area contributed by atoms with Crippen LogP contribution in [0.25, 0.3) is 0 Å². The number of aryl methyl sites for hydroxylation is 1. The number of nitrogens with one attached hydrogen (secondary N) is 1. The van der Waals surface area contributed by atoms with Crippen LogP contribution in [0.15, 0.2) is 18.2 Å². The van der Waals surface area contributed by atoms with Crippen molar-refractivity contribution in [2.75, 3.05) is 40.0 Å². The predicted molar refractivity (Wildman–Crippen MR) is 73.6 cm³/mol. The van der Waals surface area contributed by atoms with Crippen LogP contribution >= 0.6 is 0 Å². The number of anilines is 1. The summed E-state index contributed by atoms with van der Waals surface area (Å²) >= 11 is 0. The van der Waals surface area contributed by atoms with Crippen molar-refractivity contribution in [2.45, 2.75) is 6.92 Å². The Morgan fingerprint density at radius 3 is 2.41 bits per heavy atom. The summed E-state index contributed by atoms with van der Waals surface area (Å²) < 4.78 is 0. The zero-order valence-electron chi connectivity index (χ0n) is 11.1. The molecule has 0 aliphatic heterocycles. The summed E-state index contributed by atoms with van der Waals surface area (Å²) in [6.45, 7) is 3.74. The van der Waals surface area contributed by atoms with Crippen molar-refractivity contribution in [3.05, 3.63) is 29.3 Å². The molecule has 0 heterocycles. The molecule has 0 spiro atoms. The van der Waals surface area contributed by atoms with Gasteiger partial charge in [-0.05, 0) is 38.7 Å². The van der Waals surface area contributed by atoms with Gasteiger partial charge >= 0.3 is 0 Å². The van der Waals surface area contributed by atoms with Gasteiger partial charge in [-0.15, -0.1) is 0 Å². The van der Waals surface area contributed by atoms with Gasteiger partial charge in [0, 0.05) is 31.4 Å². The molecule has 4 nitrogen and oxygen atoms in total. The molecule has 0 bridgehead atoms. The molecule has 4 heteroatoms. The second kappa shape index (κ2) is 5.68. The number of likely N-dealkylation sites (N-methyl/N-ethyl adjacent to an activating group) is 2. The van der Waals surface area contributed by atoms with Crippen molar-refractivity contribution in [3.8, 4) is 0 Å². The molecule has 0 aliphatic carbocycles. The number of benzene rings is 1. The van der Waals surface area contributed by atoms with Gasteiger partial charge in [-0.2, -0.15) is 0 Å². The quantitative estimate of drug-likeness (QED) is 0.470. The zero-order valence-corrected chi connectivity index (χ0v) is 11.1. The van der Waals surface area contributed by atoms with Gasteiger partial charge in [-0.25, -0.2) is 0 Å². The molecular weight excluding hydrogens is 212 g/mol. The molecule has 0 aromatic heterocycles. The molecule has 0 atom stereocenters. The Morgan fingerprint density at radius 1 is 1.24 bits per heavy atom. The average molecular weight is 234 g/mol. The van der Waals surface area contributed by atoms with Crippen LogP contribution in [0.5, 0.6) is 0 Å². The molecule has 0 radical (unpaired) electrons. The highest BCUT2D eigenvalue weighted by atomic mass is 15.2. The van der Waals surface area contributed by atoms with Crippen LogP contribution in [-0.2, 0) is 0 Å². The van der Waals surface area contributed by atoms with E-state index in [1.54, 1.807) is 0 Å². The van der Waals surface area contributed by atoms with E-state index in [2.05, 4.69) is 4.90 Å². The van der Waals surface area contributed by atoms with Crippen LogP contribution in [0.3, 0.4) is 0 Å². The molecule has 17 heavy (non-hydrogen) atoms. The van der Waals surface area contributed by atoms with E-state index in [1.807, 2.05) is 51.2 Å². The molecule has 1 rings (SSSR count). The first-order valence-electron chi connectivity index (χ1n) is 5.72. The summed E-state index contributed by atoms with van der Waals surface area (Å²) in [7, 11) is 5.97. The minimum atomic E-state index is 0.476. The third-order valence-electron chi connectivity index (χ3n) is 2.73. The zero-order chi connectivity index (χ0) is 13.0. The first-order valence-corrected chi connectivity index (χ1v) is 5.72. The van der Waals surface area contributed by atoms with Crippen molar-refractivity contribution in [2.24, 2.45) is 0 Å². The van der Waals surface area contributed by atoms with Gasteiger partial charge < -0.3 is 15.5 Å². The molecule has 0 amide bonds. The Hall–Kier alpha value is -1.55. The molecule has 0 saturated carbocycles. The third-order valence-corrected chi connectivity index (χ3v) is 2.73. The summed E-state index contributed by atoms with van der Waals surface area (Å²) in [4.78, 5) is 4.02. The van der Waals surface area contributed by atoms with Gasteiger partial charge in [0.25, 0.3) is 0 Å². The van der Waals surface area contributed by atoms with Crippen LogP contribution in [0.4, 0.5) is 5.69 Å². The monoisotopic (exact) mass is 234 g/mol. The van der Waals surface area contributed by atoms with E-state index >= 15 is 0 Å². The van der Waals surface area contributed by atoms with Gasteiger partial charge in [0.05, 0.1) is 0 Å². The molecule has 3 N–H and O–H groups in total. The lowest BCUT2D eigenvalue weighted by Crippen LogP contribution is -2.33. The van der Waals surface area contributed by atoms with Crippen LogP contribution in [-0.4, -0.2) is 49.9 Å². The second-order valence-corrected chi connectivity index (χ2v) is 4.66. The van der Waals surface area contributed by atoms with Gasteiger partial charge in [0.2, 0.25) is 0 Å². The van der Waals surface area contributed by atoms with Crippen molar-refractivity contribution in [3.63, 3.8) is 0 Å². The maximum Gasteiger partial charge on any atom is 0.129 e. The van der Waals surface area contributed by atoms with Gasteiger partial charge in [-0.1, -0.05) is 6.07 Å². The molecule has 0 saturated heterocycles. The molecule has 0 aliphatic rings. The Labute approximate surface area is 104 Å². The van der Waals surface area contributed by atoms with Crippen LogP contribution in [0.1, 0.15) is 11.1 Å². The number of nitrogen functional groups attached to an aromatic ring is 1. The number of rotatable bonds is 4. The number of nitrogens with two attached hydrogens (primary N) is 1. The highest BCUT2D eigenvalue weighted by Crippen LogP contribution is 2.15. The topological polar surface area (TPSA) is 56.4 Å². The van der Waals surface area contributed by atoms with E-state index in [0.717, 1.165) is 24.2 Å². The Kier molecular flexibility index (Phi) is 4.52. The molecular formula is C13H22N4.